The molecule has 4 nitrogen and oxygen atoms in total. The van der Waals surface area contributed by atoms with Gasteiger partial charge in [0.1, 0.15) is 11.1 Å². The highest BCUT2D eigenvalue weighted by Crippen LogP contribution is 2.41. The molecule has 1 saturated heterocycles. The van der Waals surface area contributed by atoms with E-state index in [4.69, 9.17) is 4.74 Å². The van der Waals surface area contributed by atoms with Crippen LogP contribution in [0, 0.1) is 5.92 Å². The molecule has 2 bridgehead atoms. The van der Waals surface area contributed by atoms with Crippen molar-refractivity contribution in [1.29, 1.82) is 0 Å². The number of rotatable bonds is 1. The van der Waals surface area contributed by atoms with Crippen LogP contribution >= 0.6 is 0 Å². The Balaban J connectivity index is 2.13. The van der Waals surface area contributed by atoms with Gasteiger partial charge in [0.2, 0.25) is 5.91 Å². The van der Waals surface area contributed by atoms with Gasteiger partial charge in [-0.2, -0.15) is 0 Å². The van der Waals surface area contributed by atoms with Crippen molar-refractivity contribution in [2.24, 2.45) is 5.92 Å². The SMILES string of the molecule is CC(C)(C)OC(=O)C12CCC(CC(=O)N1)C2. The number of carbonyl (C=O) groups excluding carboxylic acids is 2. The number of carbonyl (C=O) groups is 2. The van der Waals surface area contributed by atoms with Gasteiger partial charge in [-0.15, -0.1) is 0 Å². The zero-order chi connectivity index (χ0) is 12.0. The van der Waals surface area contributed by atoms with Crippen LogP contribution in [0.4, 0.5) is 0 Å². The van der Waals surface area contributed by atoms with Gasteiger partial charge in [-0.1, -0.05) is 0 Å². The number of ether oxygens (including phenoxy) is 1. The first-order valence-electron chi connectivity index (χ1n) is 5.85. The summed E-state index contributed by atoms with van der Waals surface area (Å²) in [5.41, 5.74) is -1.22. The first-order valence-corrected chi connectivity index (χ1v) is 5.85. The number of hydrogen-bond donors (Lipinski definition) is 1. The number of hydrogen-bond acceptors (Lipinski definition) is 3. The average Bonchev–Trinajstić information content (AvgIpc) is 2.40. The van der Waals surface area contributed by atoms with Crippen molar-refractivity contribution in [3.63, 3.8) is 0 Å². The van der Waals surface area contributed by atoms with E-state index in [1.807, 2.05) is 20.8 Å². The number of amides is 1. The van der Waals surface area contributed by atoms with Gasteiger partial charge in [0.05, 0.1) is 0 Å². The summed E-state index contributed by atoms with van der Waals surface area (Å²) < 4.78 is 5.39. The molecule has 0 aromatic carbocycles. The van der Waals surface area contributed by atoms with E-state index in [1.165, 1.54) is 0 Å². The summed E-state index contributed by atoms with van der Waals surface area (Å²) >= 11 is 0. The standard InChI is InChI=1S/C12H19NO3/c1-11(2,3)16-10(15)12-5-4-8(7-12)6-9(14)13-12/h8H,4-7H2,1-3H3,(H,13,14). The normalized spacial score (nSPS) is 33.4. The number of fused-ring (bicyclic) bond motifs is 2. The fourth-order valence-electron chi connectivity index (χ4n) is 2.63. The molecule has 2 unspecified atom stereocenters. The maximum atomic E-state index is 12.1. The highest BCUT2D eigenvalue weighted by atomic mass is 16.6. The molecule has 0 aromatic heterocycles. The van der Waals surface area contributed by atoms with Crippen LogP contribution in [0.1, 0.15) is 46.5 Å². The summed E-state index contributed by atoms with van der Waals surface area (Å²) in [4.78, 5) is 23.6. The van der Waals surface area contributed by atoms with Crippen LogP contribution < -0.4 is 5.32 Å². The summed E-state index contributed by atoms with van der Waals surface area (Å²) in [6, 6.07) is 0. The van der Waals surface area contributed by atoms with Gasteiger partial charge in [0, 0.05) is 6.42 Å². The van der Waals surface area contributed by atoms with Crippen LogP contribution in [0.2, 0.25) is 0 Å². The van der Waals surface area contributed by atoms with E-state index in [2.05, 4.69) is 5.32 Å². The highest BCUT2D eigenvalue weighted by molar-refractivity contribution is 5.90. The van der Waals surface area contributed by atoms with E-state index in [0.717, 1.165) is 19.3 Å². The van der Waals surface area contributed by atoms with Crippen molar-refractivity contribution in [2.45, 2.75) is 57.6 Å². The molecule has 2 aliphatic rings. The minimum absolute atomic E-state index is 0.0143. The Labute approximate surface area is 95.7 Å². The van der Waals surface area contributed by atoms with Gasteiger partial charge in [0.25, 0.3) is 0 Å². The zero-order valence-corrected chi connectivity index (χ0v) is 10.1. The lowest BCUT2D eigenvalue weighted by Gasteiger charge is -2.34. The first-order chi connectivity index (χ1) is 7.31. The summed E-state index contributed by atoms with van der Waals surface area (Å²) in [5.74, 6) is 0.0800. The van der Waals surface area contributed by atoms with Crippen LogP contribution in [-0.2, 0) is 14.3 Å². The van der Waals surface area contributed by atoms with Gasteiger partial charge in [0.15, 0.2) is 0 Å². The van der Waals surface area contributed by atoms with E-state index in [1.54, 1.807) is 0 Å². The van der Waals surface area contributed by atoms with Crippen LogP contribution in [0.3, 0.4) is 0 Å². The van der Waals surface area contributed by atoms with Crippen LogP contribution in [-0.4, -0.2) is 23.0 Å². The Kier molecular flexibility index (Phi) is 2.48. The lowest BCUT2D eigenvalue weighted by Crippen LogP contribution is -2.57. The fourth-order valence-corrected chi connectivity index (χ4v) is 2.63. The number of nitrogens with one attached hydrogen (secondary N) is 1. The quantitative estimate of drug-likeness (QED) is 0.686. The Morgan fingerprint density at radius 2 is 2.19 bits per heavy atom. The molecule has 1 aliphatic heterocycles. The Morgan fingerprint density at radius 1 is 1.50 bits per heavy atom. The Bertz CT molecular complexity index is 332. The molecule has 90 valence electrons. The third-order valence-corrected chi connectivity index (χ3v) is 3.26. The van der Waals surface area contributed by atoms with Crippen LogP contribution in [0.25, 0.3) is 0 Å². The van der Waals surface area contributed by atoms with E-state index in [-0.39, 0.29) is 11.9 Å². The number of piperidine rings is 1. The van der Waals surface area contributed by atoms with Gasteiger partial charge >= 0.3 is 5.97 Å². The van der Waals surface area contributed by atoms with Crippen LogP contribution in [0.15, 0.2) is 0 Å². The van der Waals surface area contributed by atoms with Gasteiger partial charge in [-0.3, -0.25) is 4.79 Å². The summed E-state index contributed by atoms with van der Waals surface area (Å²) in [6.07, 6.45) is 2.97. The predicted molar refractivity (Wildman–Crippen MR) is 58.7 cm³/mol. The van der Waals surface area contributed by atoms with E-state index < -0.39 is 11.1 Å². The molecule has 1 aliphatic carbocycles. The minimum atomic E-state index is -0.729. The Morgan fingerprint density at radius 3 is 2.81 bits per heavy atom. The topological polar surface area (TPSA) is 55.4 Å². The van der Waals surface area contributed by atoms with Gasteiger partial charge in [-0.25, -0.2) is 4.79 Å². The molecule has 2 atom stereocenters. The maximum absolute atomic E-state index is 12.1. The second-order valence-electron chi connectivity index (χ2n) is 5.95. The second-order valence-corrected chi connectivity index (χ2v) is 5.95. The number of esters is 1. The maximum Gasteiger partial charge on any atom is 0.332 e. The minimum Gasteiger partial charge on any atom is -0.458 e. The molecule has 16 heavy (non-hydrogen) atoms. The lowest BCUT2D eigenvalue weighted by atomic mass is 9.90. The molecule has 1 N–H and O–H groups in total. The smallest absolute Gasteiger partial charge is 0.332 e. The van der Waals surface area contributed by atoms with Crippen molar-refractivity contribution in [3.05, 3.63) is 0 Å². The first kappa shape index (κ1) is 11.4. The van der Waals surface area contributed by atoms with E-state index >= 15 is 0 Å². The van der Waals surface area contributed by atoms with Gasteiger partial charge in [-0.05, 0) is 46.0 Å². The second kappa shape index (κ2) is 3.47. The third kappa shape index (κ3) is 2.06. The molecule has 0 radical (unpaired) electrons. The van der Waals surface area contributed by atoms with E-state index in [9.17, 15) is 9.59 Å². The fraction of sp³-hybridized carbons (Fsp3) is 0.833. The molecular weight excluding hydrogens is 206 g/mol. The van der Waals surface area contributed by atoms with Crippen molar-refractivity contribution in [2.75, 3.05) is 0 Å². The van der Waals surface area contributed by atoms with Crippen LogP contribution in [0.5, 0.6) is 0 Å². The molecule has 1 saturated carbocycles. The molecule has 1 amide bonds. The molecular formula is C12H19NO3. The molecule has 0 spiro atoms. The zero-order valence-electron chi connectivity index (χ0n) is 10.1. The van der Waals surface area contributed by atoms with E-state index in [0.29, 0.717) is 12.3 Å². The van der Waals surface area contributed by atoms with Crippen molar-refractivity contribution in [1.82, 2.24) is 5.32 Å². The highest BCUT2D eigenvalue weighted by Gasteiger charge is 2.52. The Hall–Kier alpha value is -1.06. The van der Waals surface area contributed by atoms with Crippen molar-refractivity contribution < 1.29 is 14.3 Å². The monoisotopic (exact) mass is 225 g/mol. The summed E-state index contributed by atoms with van der Waals surface area (Å²) in [5, 5.41) is 2.83. The predicted octanol–water partition coefficient (Wildman–Crippen LogP) is 1.39. The summed E-state index contributed by atoms with van der Waals surface area (Å²) in [6.45, 7) is 5.54. The molecule has 0 aromatic rings. The van der Waals surface area contributed by atoms with Gasteiger partial charge < -0.3 is 10.1 Å². The lowest BCUT2D eigenvalue weighted by molar-refractivity contribution is -0.165. The third-order valence-electron chi connectivity index (χ3n) is 3.26. The molecule has 2 rings (SSSR count). The van der Waals surface area contributed by atoms with Crippen molar-refractivity contribution >= 4 is 11.9 Å². The largest absolute Gasteiger partial charge is 0.458 e. The van der Waals surface area contributed by atoms with Crippen molar-refractivity contribution in [3.8, 4) is 0 Å². The molecule has 4 heteroatoms. The average molecular weight is 225 g/mol. The summed E-state index contributed by atoms with van der Waals surface area (Å²) in [7, 11) is 0. The molecule has 1 heterocycles. The molecule has 2 fully saturated rings.